The summed E-state index contributed by atoms with van der Waals surface area (Å²) in [6, 6.07) is 15.4. The first-order chi connectivity index (χ1) is 16.8. The van der Waals surface area contributed by atoms with Crippen molar-refractivity contribution in [3.63, 3.8) is 0 Å². The molecule has 3 aromatic rings. The van der Waals surface area contributed by atoms with Gasteiger partial charge in [-0.25, -0.2) is 4.98 Å². The van der Waals surface area contributed by atoms with E-state index in [1.165, 1.54) is 10.2 Å². The molecule has 1 saturated heterocycles. The number of benzene rings is 1. The molecule has 0 aliphatic carbocycles. The van der Waals surface area contributed by atoms with Gasteiger partial charge in [-0.05, 0) is 62.4 Å². The molecule has 9 nitrogen and oxygen atoms in total. The van der Waals surface area contributed by atoms with Crippen LogP contribution in [0, 0.1) is 11.3 Å². The number of nitriles is 1. The number of rotatable bonds is 7. The van der Waals surface area contributed by atoms with Gasteiger partial charge in [-0.15, -0.1) is 0 Å². The normalized spacial score (nSPS) is 15.0. The molecule has 1 fully saturated rings. The Balaban J connectivity index is 1.35. The quantitative estimate of drug-likeness (QED) is 0.448. The summed E-state index contributed by atoms with van der Waals surface area (Å²) in [6.45, 7) is 5.37. The number of hydrogen-bond donors (Lipinski definition) is 3. The average Bonchev–Trinajstić information content (AvgIpc) is 3.23. The lowest BCUT2D eigenvalue weighted by atomic mass is 9.89. The van der Waals surface area contributed by atoms with Gasteiger partial charge in [0.2, 0.25) is 0 Å². The molecule has 1 amide bonds. The highest BCUT2D eigenvalue weighted by Crippen LogP contribution is 2.29. The zero-order valence-electron chi connectivity index (χ0n) is 20.3. The highest BCUT2D eigenvalue weighted by Gasteiger charge is 2.27. The molecule has 1 unspecified atom stereocenters. The molecule has 1 atom stereocenters. The van der Waals surface area contributed by atoms with Crippen LogP contribution in [-0.4, -0.2) is 49.8 Å². The molecular weight excluding hydrogens is 442 g/mol. The summed E-state index contributed by atoms with van der Waals surface area (Å²) in [5.41, 5.74) is 2.93. The van der Waals surface area contributed by atoms with E-state index < -0.39 is 6.23 Å². The van der Waals surface area contributed by atoms with Gasteiger partial charge in [0.25, 0.3) is 5.91 Å². The molecule has 4 rings (SSSR count). The number of aryl methyl sites for hydroxylation is 1. The second kappa shape index (κ2) is 10.6. The summed E-state index contributed by atoms with van der Waals surface area (Å²) in [5, 5.41) is 30.1. The fourth-order valence-electron chi connectivity index (χ4n) is 4.32. The summed E-state index contributed by atoms with van der Waals surface area (Å²) >= 11 is 0. The Labute approximate surface area is 205 Å². The third-order valence-corrected chi connectivity index (χ3v) is 6.22. The number of carbonyl (C=O) groups is 1. The fraction of sp³-hybridized carbons (Fsp3) is 0.385. The number of piperidine rings is 1. The van der Waals surface area contributed by atoms with Crippen LogP contribution in [0.3, 0.4) is 0 Å². The van der Waals surface area contributed by atoms with E-state index in [2.05, 4.69) is 26.8 Å². The van der Waals surface area contributed by atoms with E-state index in [4.69, 9.17) is 5.26 Å². The minimum absolute atomic E-state index is 0.0772. The third-order valence-electron chi connectivity index (χ3n) is 6.22. The number of carbonyl (C=O) groups excluding carboxylic acids is 1. The Bertz CT molecular complexity index is 1190. The maximum absolute atomic E-state index is 13.2. The van der Waals surface area contributed by atoms with Crippen LogP contribution in [0.4, 0.5) is 11.6 Å². The fourth-order valence-corrected chi connectivity index (χ4v) is 4.32. The molecule has 3 heterocycles. The standard InChI is InChI=1S/C26H31N7O2/c1-17(2)29-23-9-8-21(16-28-23)25(34)30-24-14-22(32(3)31-24)26(35)33-12-10-20(11-13-33)19-6-4-18(15-27)5-7-19/h4-9,14,16-17,20,25,34H,10-13H2,1-3H3,(H,28,29)(H,30,31). The summed E-state index contributed by atoms with van der Waals surface area (Å²) in [4.78, 5) is 19.3. The minimum Gasteiger partial charge on any atom is -0.369 e. The van der Waals surface area contributed by atoms with Crippen LogP contribution in [0.15, 0.2) is 48.7 Å². The number of nitrogens with one attached hydrogen (secondary N) is 2. The number of likely N-dealkylation sites (tertiary alicyclic amines) is 1. The third kappa shape index (κ3) is 5.78. The van der Waals surface area contributed by atoms with E-state index in [-0.39, 0.29) is 11.9 Å². The van der Waals surface area contributed by atoms with Gasteiger partial charge in [-0.3, -0.25) is 9.48 Å². The van der Waals surface area contributed by atoms with E-state index in [0.717, 1.165) is 18.7 Å². The monoisotopic (exact) mass is 473 g/mol. The highest BCUT2D eigenvalue weighted by atomic mass is 16.3. The maximum atomic E-state index is 13.2. The SMILES string of the molecule is CC(C)Nc1ccc(C(O)Nc2cc(C(=O)N3CCC(c4ccc(C#N)cc4)CC3)n(C)n2)cn1. The van der Waals surface area contributed by atoms with Crippen LogP contribution < -0.4 is 10.6 Å². The number of aromatic nitrogens is 3. The predicted molar refractivity (Wildman–Crippen MR) is 134 cm³/mol. The van der Waals surface area contributed by atoms with Gasteiger partial charge in [-0.2, -0.15) is 10.4 Å². The lowest BCUT2D eigenvalue weighted by Gasteiger charge is -2.32. The lowest BCUT2D eigenvalue weighted by Crippen LogP contribution is -2.38. The second-order valence-electron chi connectivity index (χ2n) is 9.16. The molecule has 1 aromatic carbocycles. The molecule has 1 aliphatic heterocycles. The van der Waals surface area contributed by atoms with Crippen LogP contribution in [0.25, 0.3) is 0 Å². The molecule has 1 aliphatic rings. The van der Waals surface area contributed by atoms with E-state index >= 15 is 0 Å². The molecule has 2 aromatic heterocycles. The van der Waals surface area contributed by atoms with Gasteiger partial charge in [0, 0.05) is 44.0 Å². The van der Waals surface area contributed by atoms with Gasteiger partial charge in [0.05, 0.1) is 11.6 Å². The number of hydrogen-bond acceptors (Lipinski definition) is 7. The second-order valence-corrected chi connectivity index (χ2v) is 9.16. The van der Waals surface area contributed by atoms with Gasteiger partial charge in [-0.1, -0.05) is 12.1 Å². The molecule has 35 heavy (non-hydrogen) atoms. The molecular formula is C26H31N7O2. The molecule has 182 valence electrons. The Morgan fingerprint density at radius 3 is 2.43 bits per heavy atom. The summed E-state index contributed by atoms with van der Waals surface area (Å²) in [5.74, 6) is 1.46. The van der Waals surface area contributed by atoms with Crippen molar-refractivity contribution in [2.24, 2.45) is 7.05 Å². The van der Waals surface area contributed by atoms with Crippen molar-refractivity contribution in [3.05, 3.63) is 71.0 Å². The summed E-state index contributed by atoms with van der Waals surface area (Å²) in [6.07, 6.45) is 2.34. The summed E-state index contributed by atoms with van der Waals surface area (Å²) in [7, 11) is 1.72. The minimum atomic E-state index is -1.00. The molecule has 3 N–H and O–H groups in total. The van der Waals surface area contributed by atoms with E-state index in [0.29, 0.717) is 41.6 Å². The number of pyridine rings is 1. The van der Waals surface area contributed by atoms with E-state index in [9.17, 15) is 9.90 Å². The smallest absolute Gasteiger partial charge is 0.272 e. The zero-order valence-corrected chi connectivity index (χ0v) is 20.3. The van der Waals surface area contributed by atoms with Gasteiger partial charge >= 0.3 is 0 Å². The van der Waals surface area contributed by atoms with Crippen molar-refractivity contribution >= 4 is 17.5 Å². The van der Waals surface area contributed by atoms with E-state index in [1.807, 2.05) is 49.1 Å². The zero-order chi connectivity index (χ0) is 24.9. The Morgan fingerprint density at radius 1 is 1.11 bits per heavy atom. The largest absolute Gasteiger partial charge is 0.369 e. The highest BCUT2D eigenvalue weighted by molar-refractivity contribution is 5.93. The first-order valence-electron chi connectivity index (χ1n) is 11.8. The van der Waals surface area contributed by atoms with Crippen molar-refractivity contribution in [3.8, 4) is 6.07 Å². The predicted octanol–water partition coefficient (Wildman–Crippen LogP) is 3.63. The van der Waals surface area contributed by atoms with Crippen LogP contribution in [0.2, 0.25) is 0 Å². The number of amides is 1. The van der Waals surface area contributed by atoms with Crippen molar-refractivity contribution in [2.75, 3.05) is 23.7 Å². The van der Waals surface area contributed by atoms with Crippen molar-refractivity contribution in [1.29, 1.82) is 5.26 Å². The van der Waals surface area contributed by atoms with Crippen LogP contribution in [-0.2, 0) is 7.05 Å². The topological polar surface area (TPSA) is 119 Å². The van der Waals surface area contributed by atoms with Crippen molar-refractivity contribution in [1.82, 2.24) is 19.7 Å². The number of nitrogens with zero attached hydrogens (tertiary/aromatic N) is 5. The average molecular weight is 474 g/mol. The maximum Gasteiger partial charge on any atom is 0.272 e. The first-order valence-corrected chi connectivity index (χ1v) is 11.8. The van der Waals surface area contributed by atoms with Gasteiger partial charge in [0.15, 0.2) is 12.0 Å². The van der Waals surface area contributed by atoms with Crippen LogP contribution in [0.1, 0.15) is 66.0 Å². The molecule has 0 bridgehead atoms. The van der Waals surface area contributed by atoms with Crippen molar-refractivity contribution < 1.29 is 9.90 Å². The lowest BCUT2D eigenvalue weighted by molar-refractivity contribution is 0.0702. The number of aliphatic hydroxyl groups is 1. The Morgan fingerprint density at radius 2 is 1.83 bits per heavy atom. The molecule has 0 spiro atoms. The Hall–Kier alpha value is -3.90. The van der Waals surface area contributed by atoms with Crippen molar-refractivity contribution in [2.45, 2.75) is 44.9 Å². The first kappa shape index (κ1) is 24.2. The number of anilines is 2. The summed E-state index contributed by atoms with van der Waals surface area (Å²) < 4.78 is 1.54. The Kier molecular flexibility index (Phi) is 7.32. The molecule has 0 radical (unpaired) electrons. The molecule has 0 saturated carbocycles. The van der Waals surface area contributed by atoms with Crippen LogP contribution >= 0.6 is 0 Å². The molecule has 9 heteroatoms. The van der Waals surface area contributed by atoms with Gasteiger partial charge in [0.1, 0.15) is 11.5 Å². The number of aliphatic hydroxyl groups excluding tert-OH is 1. The van der Waals surface area contributed by atoms with E-state index in [1.54, 1.807) is 25.4 Å². The van der Waals surface area contributed by atoms with Crippen LogP contribution in [0.5, 0.6) is 0 Å². The van der Waals surface area contributed by atoms with Gasteiger partial charge < -0.3 is 20.6 Å².